The second kappa shape index (κ2) is 9.38. The van der Waals surface area contributed by atoms with Crippen LogP contribution in [0.2, 0.25) is 0 Å². The summed E-state index contributed by atoms with van der Waals surface area (Å²) < 4.78 is 61.4. The molecule has 0 saturated heterocycles. The van der Waals surface area contributed by atoms with E-state index >= 15 is 0 Å². The maximum absolute atomic E-state index is 12.9. The second-order valence-electron chi connectivity index (χ2n) is 6.81. The van der Waals surface area contributed by atoms with Gasteiger partial charge in [-0.1, -0.05) is 56.1 Å². The Hall–Kier alpha value is -1.92. The summed E-state index contributed by atoms with van der Waals surface area (Å²) in [5, 5.41) is 0. The molecular weight excluding hydrogens is 660 g/mol. The minimum absolute atomic E-state index is 0.0354. The first-order valence-electron chi connectivity index (χ1n) is 9.25. The molecule has 11 heteroatoms. The molecule has 0 amide bonds. The first kappa shape index (κ1) is 24.2. The van der Waals surface area contributed by atoms with Crippen LogP contribution in [0.4, 0.5) is 0 Å². The number of hydrogen-bond donors (Lipinski definition) is 0. The zero-order valence-corrected chi connectivity index (χ0v) is 22.9. The van der Waals surface area contributed by atoms with Crippen molar-refractivity contribution in [1.29, 1.82) is 0 Å². The van der Waals surface area contributed by atoms with Crippen molar-refractivity contribution in [3.63, 3.8) is 0 Å². The number of fused-ring (bicyclic) bond motifs is 1. The van der Waals surface area contributed by atoms with E-state index in [0.29, 0.717) is 15.6 Å². The van der Waals surface area contributed by atoms with E-state index in [1.807, 2.05) is 0 Å². The Labute approximate surface area is 216 Å². The molecule has 0 radical (unpaired) electrons. The molecule has 3 aromatic rings. The van der Waals surface area contributed by atoms with Crippen molar-refractivity contribution < 1.29 is 16.8 Å². The number of hydrogen-bond acceptors (Lipinski definition) is 4. The van der Waals surface area contributed by atoms with Gasteiger partial charge in [0.1, 0.15) is 0 Å². The molecule has 0 aromatic heterocycles. The molecule has 0 unspecified atom stereocenters. The molecule has 1 aliphatic rings. The first-order chi connectivity index (χ1) is 15.6. The molecule has 33 heavy (non-hydrogen) atoms. The van der Waals surface area contributed by atoms with E-state index in [4.69, 9.17) is 0 Å². The van der Waals surface area contributed by atoms with E-state index in [1.165, 1.54) is 30.3 Å². The van der Waals surface area contributed by atoms with Crippen LogP contribution in [0.15, 0.2) is 111 Å². The van der Waals surface area contributed by atoms with Crippen molar-refractivity contribution in [2.45, 2.75) is 9.79 Å². The number of sulfonamides is 2. The predicted octanol–water partition coefficient (Wildman–Crippen LogP) is 5.86. The predicted molar refractivity (Wildman–Crippen MR) is 139 cm³/mol. The van der Waals surface area contributed by atoms with Crippen LogP contribution in [0.1, 0.15) is 11.1 Å². The fraction of sp³-hybridized carbons (Fsp3) is 0. The summed E-state index contributed by atoms with van der Waals surface area (Å²) in [5.74, 6) is 0. The molecule has 0 bridgehead atoms. The molecule has 0 spiro atoms. The van der Waals surface area contributed by atoms with E-state index in [-0.39, 0.29) is 21.2 Å². The van der Waals surface area contributed by atoms with Crippen molar-refractivity contribution >= 4 is 79.3 Å². The molecule has 0 aliphatic heterocycles. The smallest absolute Gasteiger partial charge is 0.199 e. The van der Waals surface area contributed by atoms with Crippen LogP contribution in [-0.2, 0) is 20.0 Å². The van der Waals surface area contributed by atoms with E-state index in [1.54, 1.807) is 48.5 Å². The number of nitrogens with zero attached hydrogens (tertiary/aromatic N) is 2. The van der Waals surface area contributed by atoms with E-state index in [9.17, 15) is 16.8 Å². The molecule has 0 fully saturated rings. The SMILES string of the molecule is O=S(=O)(/N=C1C=C(Br)/C(=N/S(=O)(=O)c2ccc(Br)cc2)c2ccccc2\1)c1ccc(Br)cc1. The standard InChI is InChI=1S/C22H13Br3N2O4S2/c23-14-5-9-16(10-6-14)32(28,29)26-21-13-20(25)22(19-4-2-1-3-18(19)21)27-33(30,31)17-11-7-15(24)8-12-17/h1-13H/b26-21+,27-22+. The summed E-state index contributed by atoms with van der Waals surface area (Å²) in [6.07, 6.45) is 1.45. The van der Waals surface area contributed by atoms with Crippen molar-refractivity contribution in [2.75, 3.05) is 0 Å². The normalized spacial score (nSPS) is 16.5. The van der Waals surface area contributed by atoms with Gasteiger partial charge in [-0.05, 0) is 70.5 Å². The summed E-state index contributed by atoms with van der Waals surface area (Å²) in [7, 11) is -8.02. The Morgan fingerprint density at radius 3 is 1.55 bits per heavy atom. The summed E-state index contributed by atoms with van der Waals surface area (Å²) >= 11 is 9.91. The van der Waals surface area contributed by atoms with Crippen LogP contribution >= 0.6 is 47.8 Å². The van der Waals surface area contributed by atoms with E-state index in [0.717, 1.165) is 8.95 Å². The van der Waals surface area contributed by atoms with Gasteiger partial charge < -0.3 is 0 Å². The van der Waals surface area contributed by atoms with Gasteiger partial charge >= 0.3 is 0 Å². The molecule has 0 atom stereocenters. The molecule has 0 N–H and O–H groups in total. The molecule has 1 aliphatic carbocycles. The largest absolute Gasteiger partial charge is 0.282 e. The van der Waals surface area contributed by atoms with Crippen LogP contribution in [0.5, 0.6) is 0 Å². The van der Waals surface area contributed by atoms with Crippen LogP contribution in [0.25, 0.3) is 0 Å². The quantitative estimate of drug-likeness (QED) is 0.347. The Kier molecular flexibility index (Phi) is 6.88. The zero-order valence-electron chi connectivity index (χ0n) is 16.5. The first-order valence-corrected chi connectivity index (χ1v) is 14.5. The third-order valence-electron chi connectivity index (χ3n) is 4.60. The second-order valence-corrected chi connectivity index (χ2v) is 12.7. The van der Waals surface area contributed by atoms with Crippen LogP contribution in [0, 0.1) is 0 Å². The third kappa shape index (κ3) is 5.27. The van der Waals surface area contributed by atoms with Crippen molar-refractivity contribution in [1.82, 2.24) is 0 Å². The molecule has 168 valence electrons. The van der Waals surface area contributed by atoms with Crippen molar-refractivity contribution in [2.24, 2.45) is 8.80 Å². The molecule has 0 heterocycles. The summed E-state index contributed by atoms with van der Waals surface area (Å²) in [6.45, 7) is 0. The highest BCUT2D eigenvalue weighted by Crippen LogP contribution is 2.29. The van der Waals surface area contributed by atoms with E-state index in [2.05, 4.69) is 56.6 Å². The summed E-state index contributed by atoms with van der Waals surface area (Å²) in [5.41, 5.74) is 1.22. The van der Waals surface area contributed by atoms with Gasteiger partial charge in [-0.3, -0.25) is 0 Å². The van der Waals surface area contributed by atoms with Gasteiger partial charge in [-0.25, -0.2) is 0 Å². The fourth-order valence-electron chi connectivity index (χ4n) is 3.04. The maximum atomic E-state index is 12.9. The number of halogens is 3. The van der Waals surface area contributed by atoms with Crippen molar-refractivity contribution in [3.8, 4) is 0 Å². The van der Waals surface area contributed by atoms with E-state index < -0.39 is 20.0 Å². The van der Waals surface area contributed by atoms with Gasteiger partial charge in [-0.2, -0.15) is 25.6 Å². The Bertz CT molecular complexity index is 1540. The molecule has 3 aromatic carbocycles. The molecule has 4 rings (SSSR count). The van der Waals surface area contributed by atoms with Gasteiger partial charge in [0.15, 0.2) is 0 Å². The molecule has 0 saturated carbocycles. The lowest BCUT2D eigenvalue weighted by atomic mass is 9.94. The molecular formula is C22H13Br3N2O4S2. The van der Waals surface area contributed by atoms with Crippen LogP contribution in [0.3, 0.4) is 0 Å². The highest BCUT2D eigenvalue weighted by molar-refractivity contribution is 9.12. The minimum atomic E-state index is -4.02. The Morgan fingerprint density at radius 1 is 0.576 bits per heavy atom. The van der Waals surface area contributed by atoms with Gasteiger partial charge in [0.2, 0.25) is 0 Å². The van der Waals surface area contributed by atoms with Crippen LogP contribution in [-0.4, -0.2) is 28.3 Å². The number of allylic oxidation sites excluding steroid dienone is 2. The van der Waals surface area contributed by atoms with Crippen LogP contribution < -0.4 is 0 Å². The maximum Gasteiger partial charge on any atom is 0.282 e. The fourth-order valence-corrected chi connectivity index (χ4v) is 6.23. The third-order valence-corrected chi connectivity index (χ3v) is 8.86. The zero-order chi connectivity index (χ0) is 23.8. The average Bonchev–Trinajstić information content (AvgIpc) is 2.77. The monoisotopic (exact) mass is 670 g/mol. The lowest BCUT2D eigenvalue weighted by molar-refractivity contribution is 0.596. The van der Waals surface area contributed by atoms with Gasteiger partial charge in [0, 0.05) is 24.6 Å². The molecule has 6 nitrogen and oxygen atoms in total. The topological polar surface area (TPSA) is 93.0 Å². The Morgan fingerprint density at radius 2 is 1.03 bits per heavy atom. The van der Waals surface area contributed by atoms with Gasteiger partial charge in [0.05, 0.1) is 21.2 Å². The van der Waals surface area contributed by atoms with Gasteiger partial charge in [0.25, 0.3) is 20.0 Å². The lowest BCUT2D eigenvalue weighted by Crippen LogP contribution is -2.18. The van der Waals surface area contributed by atoms with Gasteiger partial charge in [-0.15, -0.1) is 0 Å². The minimum Gasteiger partial charge on any atom is -0.199 e. The summed E-state index contributed by atoms with van der Waals surface area (Å²) in [6, 6.07) is 19.0. The highest BCUT2D eigenvalue weighted by Gasteiger charge is 2.26. The lowest BCUT2D eigenvalue weighted by Gasteiger charge is -2.17. The highest BCUT2D eigenvalue weighted by atomic mass is 79.9. The Balaban J connectivity index is 1.84. The summed E-state index contributed by atoms with van der Waals surface area (Å²) in [4.78, 5) is 0.0748. The number of benzene rings is 3. The van der Waals surface area contributed by atoms with Crippen molar-refractivity contribution in [3.05, 3.63) is 103 Å². The average molecular weight is 673 g/mol. The number of rotatable bonds is 4.